The summed E-state index contributed by atoms with van der Waals surface area (Å²) in [5.41, 5.74) is 0.751. The predicted octanol–water partition coefficient (Wildman–Crippen LogP) is 4.63. The highest BCUT2D eigenvalue weighted by Gasteiger charge is 2.13. The third-order valence-electron chi connectivity index (χ3n) is 2.82. The monoisotopic (exact) mass is 314 g/mol. The molecule has 1 nitrogen and oxygen atoms in total. The van der Waals surface area contributed by atoms with E-state index in [0.29, 0.717) is 5.56 Å². The van der Waals surface area contributed by atoms with E-state index in [-0.39, 0.29) is 34.2 Å². The Morgan fingerprint density at radius 2 is 1.65 bits per heavy atom. The molecule has 0 saturated heterocycles. The molecule has 0 bridgehead atoms. The van der Waals surface area contributed by atoms with Crippen LogP contribution in [-0.2, 0) is 17.6 Å². The maximum Gasteiger partial charge on any atom is 0.145 e. The number of ketones is 1. The second kappa shape index (κ2) is 6.33. The molecule has 0 aliphatic carbocycles. The molecule has 2 rings (SSSR count). The molecule has 5 heteroatoms. The van der Waals surface area contributed by atoms with Gasteiger partial charge in [-0.05, 0) is 29.3 Å². The van der Waals surface area contributed by atoms with E-state index in [4.69, 9.17) is 23.2 Å². The molecule has 2 aromatic rings. The van der Waals surface area contributed by atoms with E-state index in [1.807, 2.05) is 0 Å². The summed E-state index contributed by atoms with van der Waals surface area (Å²) in [4.78, 5) is 11.9. The fourth-order valence-electron chi connectivity index (χ4n) is 1.84. The Balaban J connectivity index is 2.11. The maximum atomic E-state index is 13.7. The highest BCUT2D eigenvalue weighted by molar-refractivity contribution is 6.31. The third-order valence-corrected chi connectivity index (χ3v) is 3.47. The molecule has 20 heavy (non-hydrogen) atoms. The summed E-state index contributed by atoms with van der Waals surface area (Å²) >= 11 is 11.5. The molecule has 0 amide bonds. The zero-order valence-corrected chi connectivity index (χ0v) is 11.8. The SMILES string of the molecule is O=C(Cc1ccc(F)cc1Cl)Cc1cccc(Cl)c1F. The van der Waals surface area contributed by atoms with Crippen LogP contribution in [0.25, 0.3) is 0 Å². The molecule has 0 spiro atoms. The average Bonchev–Trinajstić information content (AvgIpc) is 2.38. The van der Waals surface area contributed by atoms with Gasteiger partial charge in [-0.1, -0.05) is 41.4 Å². The second-order valence-electron chi connectivity index (χ2n) is 4.34. The van der Waals surface area contributed by atoms with Gasteiger partial charge >= 0.3 is 0 Å². The van der Waals surface area contributed by atoms with E-state index in [2.05, 4.69) is 0 Å². The van der Waals surface area contributed by atoms with Crippen molar-refractivity contribution in [1.82, 2.24) is 0 Å². The van der Waals surface area contributed by atoms with Crippen LogP contribution in [0.1, 0.15) is 11.1 Å². The van der Waals surface area contributed by atoms with Crippen molar-refractivity contribution < 1.29 is 13.6 Å². The van der Waals surface area contributed by atoms with E-state index in [9.17, 15) is 13.6 Å². The number of Topliss-reactive ketones (excluding diaryl/α,β-unsaturated/α-hetero) is 1. The number of halogens is 4. The van der Waals surface area contributed by atoms with Gasteiger partial charge < -0.3 is 0 Å². The lowest BCUT2D eigenvalue weighted by molar-refractivity contribution is -0.117. The van der Waals surface area contributed by atoms with E-state index in [0.717, 1.165) is 6.07 Å². The number of carbonyl (C=O) groups is 1. The minimum atomic E-state index is -0.590. The van der Waals surface area contributed by atoms with Crippen LogP contribution in [0, 0.1) is 11.6 Å². The molecule has 0 N–H and O–H groups in total. The molecular weight excluding hydrogens is 305 g/mol. The second-order valence-corrected chi connectivity index (χ2v) is 5.16. The standard InChI is InChI=1S/C15H10Cl2F2O/c16-13-3-1-2-10(15(13)19)7-12(20)6-9-4-5-11(18)8-14(9)17/h1-5,8H,6-7H2. The lowest BCUT2D eigenvalue weighted by atomic mass is 10.0. The van der Waals surface area contributed by atoms with Gasteiger partial charge in [-0.3, -0.25) is 4.79 Å². The topological polar surface area (TPSA) is 17.1 Å². The van der Waals surface area contributed by atoms with Crippen molar-refractivity contribution in [2.24, 2.45) is 0 Å². The molecule has 0 atom stereocenters. The Morgan fingerprint density at radius 1 is 0.950 bits per heavy atom. The van der Waals surface area contributed by atoms with E-state index in [1.54, 1.807) is 6.07 Å². The molecule has 0 aliphatic heterocycles. The van der Waals surface area contributed by atoms with Crippen molar-refractivity contribution in [3.05, 3.63) is 69.2 Å². The predicted molar refractivity (Wildman–Crippen MR) is 75.2 cm³/mol. The van der Waals surface area contributed by atoms with Crippen LogP contribution in [0.15, 0.2) is 36.4 Å². The first-order valence-electron chi connectivity index (χ1n) is 5.86. The lowest BCUT2D eigenvalue weighted by Crippen LogP contribution is -2.08. The zero-order chi connectivity index (χ0) is 14.7. The van der Waals surface area contributed by atoms with Crippen LogP contribution >= 0.6 is 23.2 Å². The summed E-state index contributed by atoms with van der Waals surface area (Å²) in [5.74, 6) is -1.28. The zero-order valence-electron chi connectivity index (χ0n) is 10.3. The molecule has 2 aromatic carbocycles. The molecular formula is C15H10Cl2F2O. The number of benzene rings is 2. The van der Waals surface area contributed by atoms with Crippen LogP contribution in [0.5, 0.6) is 0 Å². The van der Waals surface area contributed by atoms with Gasteiger partial charge in [0.25, 0.3) is 0 Å². The Bertz CT molecular complexity index is 656. The first-order chi connectivity index (χ1) is 9.47. The quantitative estimate of drug-likeness (QED) is 0.804. The number of hydrogen-bond acceptors (Lipinski definition) is 1. The van der Waals surface area contributed by atoms with Crippen LogP contribution in [0.3, 0.4) is 0 Å². The fourth-order valence-corrected chi connectivity index (χ4v) is 2.27. The molecule has 104 valence electrons. The van der Waals surface area contributed by atoms with Gasteiger partial charge in [0.1, 0.15) is 17.4 Å². The van der Waals surface area contributed by atoms with Crippen molar-refractivity contribution in [3.63, 3.8) is 0 Å². The van der Waals surface area contributed by atoms with Gasteiger partial charge in [0, 0.05) is 17.9 Å². The largest absolute Gasteiger partial charge is 0.299 e. The van der Waals surface area contributed by atoms with Crippen LogP contribution in [0.4, 0.5) is 8.78 Å². The third kappa shape index (κ3) is 3.56. The average molecular weight is 315 g/mol. The minimum absolute atomic E-state index is 0.0184. The number of hydrogen-bond donors (Lipinski definition) is 0. The van der Waals surface area contributed by atoms with Crippen molar-refractivity contribution in [1.29, 1.82) is 0 Å². The Morgan fingerprint density at radius 3 is 2.35 bits per heavy atom. The van der Waals surface area contributed by atoms with Gasteiger partial charge in [0.05, 0.1) is 5.02 Å². The summed E-state index contributed by atoms with van der Waals surface area (Å²) in [6.45, 7) is 0. The Kier molecular flexibility index (Phi) is 4.73. The first-order valence-corrected chi connectivity index (χ1v) is 6.61. The molecule has 0 unspecified atom stereocenters. The highest BCUT2D eigenvalue weighted by Crippen LogP contribution is 2.21. The maximum absolute atomic E-state index is 13.7. The van der Waals surface area contributed by atoms with E-state index >= 15 is 0 Å². The van der Waals surface area contributed by atoms with Gasteiger partial charge in [-0.2, -0.15) is 0 Å². The van der Waals surface area contributed by atoms with Gasteiger partial charge in [-0.25, -0.2) is 8.78 Å². The van der Waals surface area contributed by atoms with Gasteiger partial charge in [0.15, 0.2) is 0 Å². The first kappa shape index (κ1) is 14.9. The molecule has 0 radical (unpaired) electrons. The summed E-state index contributed by atoms with van der Waals surface area (Å²) in [6, 6.07) is 8.33. The molecule has 0 saturated carbocycles. The molecule has 0 aromatic heterocycles. The van der Waals surface area contributed by atoms with Gasteiger partial charge in [0.2, 0.25) is 0 Å². The minimum Gasteiger partial charge on any atom is -0.299 e. The van der Waals surface area contributed by atoms with Crippen LogP contribution < -0.4 is 0 Å². The number of carbonyl (C=O) groups excluding carboxylic acids is 1. The summed E-state index contributed by atoms with van der Waals surface area (Å²) < 4.78 is 26.6. The van der Waals surface area contributed by atoms with Crippen molar-refractivity contribution in [2.75, 3.05) is 0 Å². The highest BCUT2D eigenvalue weighted by atomic mass is 35.5. The number of rotatable bonds is 4. The normalized spacial score (nSPS) is 10.6. The molecule has 0 fully saturated rings. The van der Waals surface area contributed by atoms with E-state index < -0.39 is 11.6 Å². The van der Waals surface area contributed by atoms with Crippen molar-refractivity contribution in [2.45, 2.75) is 12.8 Å². The smallest absolute Gasteiger partial charge is 0.145 e. The van der Waals surface area contributed by atoms with Crippen molar-refractivity contribution >= 4 is 29.0 Å². The Hall–Kier alpha value is -1.45. The van der Waals surface area contributed by atoms with Crippen LogP contribution in [-0.4, -0.2) is 5.78 Å². The van der Waals surface area contributed by atoms with Crippen LogP contribution in [0.2, 0.25) is 10.0 Å². The molecule has 0 heterocycles. The molecule has 0 aliphatic rings. The Labute approximate surface area is 125 Å². The summed E-state index contributed by atoms with van der Waals surface area (Å²) in [6.07, 6.45) is -0.0643. The van der Waals surface area contributed by atoms with Gasteiger partial charge in [-0.15, -0.1) is 0 Å². The lowest BCUT2D eigenvalue weighted by Gasteiger charge is -2.06. The van der Waals surface area contributed by atoms with E-state index in [1.165, 1.54) is 24.3 Å². The summed E-state index contributed by atoms with van der Waals surface area (Å²) in [7, 11) is 0. The summed E-state index contributed by atoms with van der Waals surface area (Å²) in [5, 5.41) is 0.167. The fraction of sp³-hybridized carbons (Fsp3) is 0.133. The van der Waals surface area contributed by atoms with Crippen molar-refractivity contribution in [3.8, 4) is 0 Å².